The second-order valence-electron chi connectivity index (χ2n) is 5.54. The van der Waals surface area contributed by atoms with Crippen LogP contribution in [0.4, 0.5) is 13.2 Å². The third kappa shape index (κ3) is 15.0. The zero-order valence-electron chi connectivity index (χ0n) is 14.7. The third-order valence-corrected chi connectivity index (χ3v) is 3.46. The van der Waals surface area contributed by atoms with Gasteiger partial charge in [0.2, 0.25) is 0 Å². The van der Waals surface area contributed by atoms with Crippen molar-refractivity contribution in [1.29, 1.82) is 0 Å². The van der Waals surface area contributed by atoms with Crippen LogP contribution in [0.25, 0.3) is 0 Å². The van der Waals surface area contributed by atoms with Gasteiger partial charge < -0.3 is 10.6 Å². The fourth-order valence-electron chi connectivity index (χ4n) is 2.05. The molecule has 0 fully saturated rings. The summed E-state index contributed by atoms with van der Waals surface area (Å²) in [5.74, 6) is 1.32. The second kappa shape index (κ2) is 14.1. The molecule has 0 aliphatic heterocycles. The molecule has 0 aromatic heterocycles. The number of hydrogen-bond acceptors (Lipinski definition) is 2. The molecule has 0 atom stereocenters. The molecule has 0 bridgehead atoms. The number of guanidine groups is 1. The predicted molar refractivity (Wildman–Crippen MR) is 102 cm³/mol. The first kappa shape index (κ1) is 25.0. The van der Waals surface area contributed by atoms with Gasteiger partial charge in [-0.25, -0.2) is 0 Å². The molecule has 0 rings (SSSR count). The van der Waals surface area contributed by atoms with Crippen molar-refractivity contribution in [2.24, 2.45) is 10.9 Å². The largest absolute Gasteiger partial charge is 0.401 e. The summed E-state index contributed by atoms with van der Waals surface area (Å²) in [6.07, 6.45) is -1.29. The number of nitrogens with one attached hydrogen (secondary N) is 2. The van der Waals surface area contributed by atoms with E-state index in [1.54, 1.807) is 0 Å². The van der Waals surface area contributed by atoms with Crippen LogP contribution in [-0.4, -0.2) is 56.8 Å². The Labute approximate surface area is 155 Å². The summed E-state index contributed by atoms with van der Waals surface area (Å²) in [4.78, 5) is 5.82. The van der Waals surface area contributed by atoms with E-state index in [4.69, 9.17) is 0 Å². The van der Waals surface area contributed by atoms with Gasteiger partial charge in [0, 0.05) is 19.6 Å². The van der Waals surface area contributed by atoms with Crippen LogP contribution >= 0.6 is 24.0 Å². The zero-order chi connectivity index (χ0) is 17.0. The van der Waals surface area contributed by atoms with Crippen LogP contribution in [0.5, 0.6) is 0 Å². The van der Waals surface area contributed by atoms with E-state index >= 15 is 0 Å². The first-order chi connectivity index (χ1) is 10.3. The molecule has 0 aliphatic rings. The molecule has 8 heteroatoms. The highest BCUT2D eigenvalue weighted by atomic mass is 127. The highest BCUT2D eigenvalue weighted by molar-refractivity contribution is 14.0. The van der Waals surface area contributed by atoms with Crippen LogP contribution in [0, 0.1) is 5.92 Å². The highest BCUT2D eigenvalue weighted by Crippen LogP contribution is 2.15. The van der Waals surface area contributed by atoms with Crippen molar-refractivity contribution in [2.75, 3.05) is 39.8 Å². The van der Waals surface area contributed by atoms with Crippen molar-refractivity contribution in [2.45, 2.75) is 46.2 Å². The minimum absolute atomic E-state index is 0. The van der Waals surface area contributed by atoms with Gasteiger partial charge in [-0.2, -0.15) is 13.2 Å². The molecule has 2 N–H and O–H groups in total. The summed E-state index contributed by atoms with van der Waals surface area (Å²) in [5, 5.41) is 6.33. The van der Waals surface area contributed by atoms with Crippen molar-refractivity contribution >= 4 is 29.9 Å². The summed E-state index contributed by atoms with van der Waals surface area (Å²) in [5.41, 5.74) is 0. The highest BCUT2D eigenvalue weighted by Gasteiger charge is 2.28. The van der Waals surface area contributed by atoms with E-state index in [1.807, 2.05) is 6.92 Å². The van der Waals surface area contributed by atoms with Gasteiger partial charge in [-0.15, -0.1) is 24.0 Å². The van der Waals surface area contributed by atoms with Gasteiger partial charge in [-0.1, -0.05) is 26.7 Å². The molecule has 0 radical (unpaired) electrons. The first-order valence-electron chi connectivity index (χ1n) is 8.09. The monoisotopic (exact) mass is 452 g/mol. The summed E-state index contributed by atoms with van der Waals surface area (Å²) in [6.45, 7) is 7.98. The van der Waals surface area contributed by atoms with E-state index in [2.05, 4.69) is 29.5 Å². The number of halogens is 4. The van der Waals surface area contributed by atoms with Gasteiger partial charge in [-0.05, 0) is 32.9 Å². The van der Waals surface area contributed by atoms with Crippen LogP contribution in [0.1, 0.15) is 40.0 Å². The van der Waals surface area contributed by atoms with Crippen LogP contribution in [-0.2, 0) is 0 Å². The van der Waals surface area contributed by atoms with Crippen LogP contribution in [0.3, 0.4) is 0 Å². The Balaban J connectivity index is 0. The minimum Gasteiger partial charge on any atom is -0.357 e. The Hall–Kier alpha value is -0.250. The topological polar surface area (TPSA) is 39.7 Å². The maximum absolute atomic E-state index is 12.2. The van der Waals surface area contributed by atoms with Gasteiger partial charge in [0.1, 0.15) is 0 Å². The maximum Gasteiger partial charge on any atom is 0.401 e. The SMILES string of the molecule is CCNC(=NCC(CC)CC)NCCCN(C)CC(F)(F)F.I. The number of hydrogen-bond donors (Lipinski definition) is 2. The normalized spacial score (nSPS) is 12.5. The van der Waals surface area contributed by atoms with Gasteiger partial charge in [0.15, 0.2) is 5.96 Å². The zero-order valence-corrected chi connectivity index (χ0v) is 17.0. The summed E-state index contributed by atoms with van der Waals surface area (Å²) in [7, 11) is 1.49. The molecule has 4 nitrogen and oxygen atoms in total. The van der Waals surface area contributed by atoms with Crippen molar-refractivity contribution in [3.05, 3.63) is 0 Å². The molecule has 0 heterocycles. The Kier molecular flexibility index (Phi) is 15.3. The molecule has 0 spiro atoms. The first-order valence-corrected chi connectivity index (χ1v) is 8.09. The molecule has 0 aromatic rings. The maximum atomic E-state index is 12.2. The quantitative estimate of drug-likeness (QED) is 0.231. The van der Waals surface area contributed by atoms with E-state index in [9.17, 15) is 13.2 Å². The lowest BCUT2D eigenvalue weighted by molar-refractivity contribution is -0.143. The molecule has 0 saturated heterocycles. The fraction of sp³-hybridized carbons (Fsp3) is 0.933. The van der Waals surface area contributed by atoms with Crippen molar-refractivity contribution in [3.63, 3.8) is 0 Å². The molecule has 0 aromatic carbocycles. The van der Waals surface area contributed by atoms with Gasteiger partial charge in [0.05, 0.1) is 6.54 Å². The van der Waals surface area contributed by atoms with E-state index in [0.29, 0.717) is 25.4 Å². The lowest BCUT2D eigenvalue weighted by Gasteiger charge is -2.19. The van der Waals surface area contributed by atoms with Gasteiger partial charge in [-0.3, -0.25) is 9.89 Å². The number of rotatable bonds is 10. The molecular weight excluding hydrogens is 420 g/mol. The van der Waals surface area contributed by atoms with E-state index in [0.717, 1.165) is 31.9 Å². The lowest BCUT2D eigenvalue weighted by Crippen LogP contribution is -2.39. The average Bonchev–Trinajstić information content (AvgIpc) is 2.42. The number of nitrogens with zero attached hydrogens (tertiary/aromatic N) is 2. The van der Waals surface area contributed by atoms with Crippen LogP contribution in [0.15, 0.2) is 4.99 Å². The van der Waals surface area contributed by atoms with Crippen molar-refractivity contribution in [3.8, 4) is 0 Å². The Morgan fingerprint density at radius 3 is 2.22 bits per heavy atom. The molecule has 0 aliphatic carbocycles. The fourth-order valence-corrected chi connectivity index (χ4v) is 2.05. The number of alkyl halides is 3. The third-order valence-electron chi connectivity index (χ3n) is 3.46. The van der Waals surface area contributed by atoms with E-state index in [1.165, 1.54) is 11.9 Å². The summed E-state index contributed by atoms with van der Waals surface area (Å²) < 4.78 is 36.6. The lowest BCUT2D eigenvalue weighted by atomic mass is 10.0. The standard InChI is InChI=1S/C15H31F3N4.HI/c1-5-13(6-2)11-21-14(19-7-3)20-9-8-10-22(4)12-15(16,17)18;/h13H,5-12H2,1-4H3,(H2,19,20,21);1H. The van der Waals surface area contributed by atoms with Crippen molar-refractivity contribution < 1.29 is 13.2 Å². The molecular formula is C15H32F3IN4. The average molecular weight is 452 g/mol. The predicted octanol–water partition coefficient (Wildman–Crippen LogP) is 3.48. The smallest absolute Gasteiger partial charge is 0.357 e. The van der Waals surface area contributed by atoms with Gasteiger partial charge in [0.25, 0.3) is 0 Å². The van der Waals surface area contributed by atoms with Crippen molar-refractivity contribution in [1.82, 2.24) is 15.5 Å². The Morgan fingerprint density at radius 2 is 1.74 bits per heavy atom. The van der Waals surface area contributed by atoms with Crippen LogP contribution < -0.4 is 10.6 Å². The van der Waals surface area contributed by atoms with Gasteiger partial charge >= 0.3 is 6.18 Å². The van der Waals surface area contributed by atoms with Crippen LogP contribution in [0.2, 0.25) is 0 Å². The van der Waals surface area contributed by atoms with E-state index in [-0.39, 0.29) is 24.0 Å². The molecule has 0 saturated carbocycles. The number of aliphatic imine (C=N–C) groups is 1. The Bertz CT molecular complexity index is 308. The molecule has 23 heavy (non-hydrogen) atoms. The molecule has 0 amide bonds. The minimum atomic E-state index is -4.13. The summed E-state index contributed by atoms with van der Waals surface area (Å²) in [6, 6.07) is 0. The Morgan fingerprint density at radius 1 is 1.13 bits per heavy atom. The summed E-state index contributed by atoms with van der Waals surface area (Å²) >= 11 is 0. The second-order valence-corrected chi connectivity index (χ2v) is 5.54. The van der Waals surface area contributed by atoms with E-state index < -0.39 is 12.7 Å². The molecule has 0 unspecified atom stereocenters. The molecule has 140 valence electrons.